The fourth-order valence-electron chi connectivity index (χ4n) is 3.58. The van der Waals surface area contributed by atoms with Crippen molar-refractivity contribution in [2.45, 2.75) is 45.8 Å². The Hall–Kier alpha value is -3.07. The zero-order chi connectivity index (χ0) is 21.3. The molecule has 2 amide bonds. The number of benzene rings is 1. The molecule has 4 rings (SSSR count). The van der Waals surface area contributed by atoms with E-state index in [0.717, 1.165) is 12.8 Å². The molecule has 0 saturated carbocycles. The van der Waals surface area contributed by atoms with E-state index in [4.69, 9.17) is 14.0 Å². The van der Waals surface area contributed by atoms with E-state index in [9.17, 15) is 14.4 Å². The molecule has 1 atom stereocenters. The van der Waals surface area contributed by atoms with Crippen LogP contribution in [0.25, 0.3) is 0 Å². The molecule has 1 aromatic heterocycles. The van der Waals surface area contributed by atoms with E-state index in [2.05, 4.69) is 10.1 Å². The molecule has 1 fully saturated rings. The van der Waals surface area contributed by atoms with Gasteiger partial charge in [0.05, 0.1) is 29.3 Å². The number of esters is 1. The van der Waals surface area contributed by atoms with Crippen molar-refractivity contribution >= 4 is 17.8 Å². The Bertz CT molecular complexity index is 977. The summed E-state index contributed by atoms with van der Waals surface area (Å²) in [5.41, 5.74) is 0.657. The van der Waals surface area contributed by atoms with E-state index in [0.29, 0.717) is 24.8 Å². The molecule has 0 bridgehead atoms. The smallest absolute Gasteiger partial charge is 0.338 e. The van der Waals surface area contributed by atoms with Gasteiger partial charge in [-0.05, 0) is 37.0 Å². The molecular weight excluding hydrogens is 390 g/mol. The van der Waals surface area contributed by atoms with Crippen LogP contribution in [-0.4, -0.2) is 52.1 Å². The molecule has 0 radical (unpaired) electrons. The molecule has 30 heavy (non-hydrogen) atoms. The largest absolute Gasteiger partial charge is 0.452 e. The highest BCUT2D eigenvalue weighted by molar-refractivity contribution is 6.22. The van der Waals surface area contributed by atoms with Crippen LogP contribution < -0.4 is 0 Å². The van der Waals surface area contributed by atoms with Crippen molar-refractivity contribution in [1.29, 1.82) is 0 Å². The molecule has 2 aromatic rings. The maximum atomic E-state index is 12.7. The van der Waals surface area contributed by atoms with E-state index in [1.165, 1.54) is 23.1 Å². The maximum Gasteiger partial charge on any atom is 0.338 e. The average molecular weight is 413 g/mol. The lowest BCUT2D eigenvalue weighted by atomic mass is 10.1. The first-order valence-electron chi connectivity index (χ1n) is 10.0. The van der Waals surface area contributed by atoms with Crippen LogP contribution in [0.2, 0.25) is 0 Å². The zero-order valence-electron chi connectivity index (χ0n) is 16.9. The number of carbonyl (C=O) groups is 3. The van der Waals surface area contributed by atoms with Gasteiger partial charge in [-0.1, -0.05) is 19.0 Å². The summed E-state index contributed by atoms with van der Waals surface area (Å²) in [7, 11) is 0. The van der Waals surface area contributed by atoms with Crippen molar-refractivity contribution in [2.24, 2.45) is 5.92 Å². The minimum absolute atomic E-state index is 0.133. The van der Waals surface area contributed by atoms with Crippen molar-refractivity contribution in [3.05, 3.63) is 46.6 Å². The SMILES string of the molecule is CC(C)Cc1noc(COC(=O)c2ccc3c(c2)C(=O)N(CC2CCCO2)C3=O)n1. The fourth-order valence-corrected chi connectivity index (χ4v) is 3.58. The average Bonchev–Trinajstić information content (AvgIpc) is 3.44. The second kappa shape index (κ2) is 8.35. The minimum Gasteiger partial charge on any atom is -0.452 e. The van der Waals surface area contributed by atoms with Crippen molar-refractivity contribution in [3.8, 4) is 0 Å². The van der Waals surface area contributed by atoms with Gasteiger partial charge in [0.1, 0.15) is 0 Å². The Labute approximate surface area is 173 Å². The van der Waals surface area contributed by atoms with Crippen molar-refractivity contribution in [3.63, 3.8) is 0 Å². The predicted octanol–water partition coefficient (Wildman–Crippen LogP) is 2.40. The first kappa shape index (κ1) is 20.2. The lowest BCUT2D eigenvalue weighted by molar-refractivity contribution is 0.0429. The van der Waals surface area contributed by atoms with Gasteiger partial charge >= 0.3 is 5.97 Å². The summed E-state index contributed by atoms with van der Waals surface area (Å²) in [5.74, 6) is -0.286. The summed E-state index contributed by atoms with van der Waals surface area (Å²) in [6.07, 6.45) is 2.27. The molecule has 2 aliphatic rings. The molecule has 158 valence electrons. The standard InChI is InChI=1S/C21H23N3O6/c1-12(2)8-17-22-18(30-23-17)11-29-21(27)13-5-6-15-16(9-13)20(26)24(19(15)25)10-14-4-3-7-28-14/h5-6,9,12,14H,3-4,7-8,10-11H2,1-2H3. The number of aromatic nitrogens is 2. The van der Waals surface area contributed by atoms with Gasteiger partial charge in [0.2, 0.25) is 0 Å². The Kier molecular flexibility index (Phi) is 5.63. The van der Waals surface area contributed by atoms with Gasteiger partial charge in [-0.25, -0.2) is 4.79 Å². The van der Waals surface area contributed by atoms with E-state index in [1.54, 1.807) is 0 Å². The maximum absolute atomic E-state index is 12.7. The first-order chi connectivity index (χ1) is 14.4. The third kappa shape index (κ3) is 4.11. The quantitative estimate of drug-likeness (QED) is 0.502. The molecular formula is C21H23N3O6. The molecule has 3 heterocycles. The van der Waals surface area contributed by atoms with Gasteiger partial charge in [-0.2, -0.15) is 4.98 Å². The van der Waals surface area contributed by atoms with Crippen molar-refractivity contribution in [2.75, 3.05) is 13.2 Å². The van der Waals surface area contributed by atoms with E-state index >= 15 is 0 Å². The van der Waals surface area contributed by atoms with E-state index in [1.807, 2.05) is 13.8 Å². The van der Waals surface area contributed by atoms with E-state index < -0.39 is 11.9 Å². The monoisotopic (exact) mass is 413 g/mol. The number of ether oxygens (including phenoxy) is 2. The Morgan fingerprint density at radius 2 is 2.07 bits per heavy atom. The van der Waals surface area contributed by atoms with Gasteiger partial charge in [0.15, 0.2) is 12.4 Å². The van der Waals surface area contributed by atoms with Gasteiger partial charge < -0.3 is 14.0 Å². The summed E-state index contributed by atoms with van der Waals surface area (Å²) < 4.78 is 15.8. The van der Waals surface area contributed by atoms with Crippen LogP contribution in [0.1, 0.15) is 69.5 Å². The summed E-state index contributed by atoms with van der Waals surface area (Å²) in [6, 6.07) is 4.35. The molecule has 1 unspecified atom stereocenters. The van der Waals surface area contributed by atoms with Gasteiger partial charge in [-0.3, -0.25) is 14.5 Å². The number of amides is 2. The fraction of sp³-hybridized carbons (Fsp3) is 0.476. The number of hydrogen-bond acceptors (Lipinski definition) is 8. The lowest BCUT2D eigenvalue weighted by Gasteiger charge is -2.17. The summed E-state index contributed by atoms with van der Waals surface area (Å²) in [4.78, 5) is 43.1. The molecule has 9 heteroatoms. The Morgan fingerprint density at radius 1 is 1.27 bits per heavy atom. The lowest BCUT2D eigenvalue weighted by Crippen LogP contribution is -2.36. The minimum atomic E-state index is -0.640. The number of imide groups is 1. The van der Waals surface area contributed by atoms with Crippen LogP contribution >= 0.6 is 0 Å². The number of fused-ring (bicyclic) bond motifs is 1. The number of nitrogens with zero attached hydrogens (tertiary/aromatic N) is 3. The second-order valence-electron chi connectivity index (χ2n) is 7.89. The van der Waals surface area contributed by atoms with Gasteiger partial charge in [0, 0.05) is 13.0 Å². The Balaban J connectivity index is 1.41. The molecule has 0 aliphatic carbocycles. The van der Waals surface area contributed by atoms with Gasteiger partial charge in [0.25, 0.3) is 17.7 Å². The first-order valence-corrected chi connectivity index (χ1v) is 10.0. The summed E-state index contributed by atoms with van der Waals surface area (Å²) >= 11 is 0. The third-order valence-electron chi connectivity index (χ3n) is 5.04. The highest BCUT2D eigenvalue weighted by atomic mass is 16.6. The summed E-state index contributed by atoms with van der Waals surface area (Å²) in [6.45, 7) is 4.78. The molecule has 0 N–H and O–H groups in total. The predicted molar refractivity (Wildman–Crippen MR) is 103 cm³/mol. The van der Waals surface area contributed by atoms with Crippen molar-refractivity contribution < 1.29 is 28.4 Å². The number of carbonyl (C=O) groups excluding carboxylic acids is 3. The van der Waals surface area contributed by atoms with Crippen LogP contribution in [0.5, 0.6) is 0 Å². The Morgan fingerprint density at radius 3 is 2.80 bits per heavy atom. The number of hydrogen-bond donors (Lipinski definition) is 0. The van der Waals surface area contributed by atoms with Crippen LogP contribution in [0, 0.1) is 5.92 Å². The molecule has 2 aliphatic heterocycles. The van der Waals surface area contributed by atoms with E-state index in [-0.39, 0.29) is 47.7 Å². The van der Waals surface area contributed by atoms with Crippen LogP contribution in [-0.2, 0) is 22.5 Å². The zero-order valence-corrected chi connectivity index (χ0v) is 16.9. The van der Waals surface area contributed by atoms with Crippen LogP contribution in [0.3, 0.4) is 0 Å². The topological polar surface area (TPSA) is 112 Å². The third-order valence-corrected chi connectivity index (χ3v) is 5.04. The molecule has 0 spiro atoms. The normalized spacial score (nSPS) is 18.4. The van der Waals surface area contributed by atoms with Gasteiger partial charge in [-0.15, -0.1) is 0 Å². The molecule has 9 nitrogen and oxygen atoms in total. The number of rotatable bonds is 7. The highest BCUT2D eigenvalue weighted by Gasteiger charge is 2.38. The molecule has 1 saturated heterocycles. The van der Waals surface area contributed by atoms with Crippen molar-refractivity contribution in [1.82, 2.24) is 15.0 Å². The van der Waals surface area contributed by atoms with Crippen LogP contribution in [0.4, 0.5) is 0 Å². The highest BCUT2D eigenvalue weighted by Crippen LogP contribution is 2.26. The molecule has 1 aromatic carbocycles. The van der Waals surface area contributed by atoms with Crippen LogP contribution in [0.15, 0.2) is 22.7 Å². The summed E-state index contributed by atoms with van der Waals surface area (Å²) in [5, 5.41) is 3.85. The second-order valence-corrected chi connectivity index (χ2v) is 7.89.